The Labute approximate surface area is 114 Å². The molecule has 0 heterocycles. The number of anilines is 1. The molecule has 0 saturated heterocycles. The molecular weight excluding hydrogens is 266 g/mol. The maximum atomic E-state index is 11.0. The van der Waals surface area contributed by atoms with E-state index in [4.69, 9.17) is 17.3 Å². The highest BCUT2D eigenvalue weighted by atomic mass is 35.5. The molecule has 0 fully saturated rings. The molecule has 0 aliphatic carbocycles. The molecule has 0 aromatic heterocycles. The van der Waals surface area contributed by atoms with Crippen LogP contribution in [0.2, 0.25) is 5.02 Å². The van der Waals surface area contributed by atoms with Crippen LogP contribution in [0.1, 0.15) is 5.56 Å². The lowest BCUT2D eigenvalue weighted by molar-refractivity contribution is -0.384. The minimum atomic E-state index is -0.530. The van der Waals surface area contributed by atoms with Gasteiger partial charge in [-0.2, -0.15) is 0 Å². The van der Waals surface area contributed by atoms with Gasteiger partial charge < -0.3 is 5.73 Å². The van der Waals surface area contributed by atoms with Crippen molar-refractivity contribution >= 4 is 34.9 Å². The van der Waals surface area contributed by atoms with Gasteiger partial charge in [-0.25, -0.2) is 0 Å². The van der Waals surface area contributed by atoms with E-state index >= 15 is 0 Å². The number of rotatable bonds is 3. The Bertz CT molecular complexity index is 656. The lowest BCUT2D eigenvalue weighted by Crippen LogP contribution is -1.95. The Kier molecular flexibility index (Phi) is 3.77. The van der Waals surface area contributed by atoms with Crippen LogP contribution in [0.4, 0.5) is 17.1 Å². The average molecular weight is 276 g/mol. The lowest BCUT2D eigenvalue weighted by atomic mass is 10.2. The number of nitro groups is 1. The number of nitrogens with two attached hydrogens (primary N) is 1. The molecule has 6 heteroatoms. The predicted octanol–water partition coefficient (Wildman–Crippen LogP) is 3.58. The summed E-state index contributed by atoms with van der Waals surface area (Å²) < 4.78 is 0. The molecule has 0 aliphatic heterocycles. The second kappa shape index (κ2) is 5.49. The first kappa shape index (κ1) is 13.0. The van der Waals surface area contributed by atoms with Crippen LogP contribution in [0.5, 0.6) is 0 Å². The summed E-state index contributed by atoms with van der Waals surface area (Å²) in [5.41, 5.74) is 6.96. The van der Waals surface area contributed by atoms with Crippen LogP contribution in [-0.2, 0) is 0 Å². The Morgan fingerprint density at radius 1 is 1.21 bits per heavy atom. The average Bonchev–Trinajstić information content (AvgIpc) is 2.37. The van der Waals surface area contributed by atoms with Crippen molar-refractivity contribution in [3.63, 3.8) is 0 Å². The van der Waals surface area contributed by atoms with E-state index in [0.717, 1.165) is 0 Å². The normalized spacial score (nSPS) is 10.8. The second-order valence-electron chi connectivity index (χ2n) is 3.75. The molecule has 2 aromatic rings. The van der Waals surface area contributed by atoms with Gasteiger partial charge >= 0.3 is 0 Å². The fourth-order valence-corrected chi connectivity index (χ4v) is 1.82. The molecule has 0 unspecified atom stereocenters. The Morgan fingerprint density at radius 2 is 1.95 bits per heavy atom. The summed E-state index contributed by atoms with van der Waals surface area (Å²) in [4.78, 5) is 14.6. The van der Waals surface area contributed by atoms with Crippen molar-refractivity contribution in [2.24, 2.45) is 4.99 Å². The molecule has 0 atom stereocenters. The zero-order chi connectivity index (χ0) is 13.8. The SMILES string of the molecule is Nc1ccccc1N=Cc1cccc(Cl)c1[N+](=O)[O-]. The summed E-state index contributed by atoms with van der Waals surface area (Å²) in [7, 11) is 0. The van der Waals surface area contributed by atoms with E-state index in [1.807, 2.05) is 0 Å². The molecule has 0 saturated carbocycles. The van der Waals surface area contributed by atoms with Gasteiger partial charge in [-0.3, -0.25) is 15.1 Å². The van der Waals surface area contributed by atoms with Crippen LogP contribution in [-0.4, -0.2) is 11.1 Å². The highest BCUT2D eigenvalue weighted by Gasteiger charge is 2.16. The quantitative estimate of drug-likeness (QED) is 0.402. The monoisotopic (exact) mass is 275 g/mol. The minimum absolute atomic E-state index is 0.0787. The van der Waals surface area contributed by atoms with Crippen LogP contribution in [0.25, 0.3) is 0 Å². The molecular formula is C13H10ClN3O2. The van der Waals surface area contributed by atoms with Crippen molar-refractivity contribution in [2.45, 2.75) is 0 Å². The predicted molar refractivity (Wildman–Crippen MR) is 76.2 cm³/mol. The highest BCUT2D eigenvalue weighted by Crippen LogP contribution is 2.28. The maximum Gasteiger partial charge on any atom is 0.296 e. The number of halogens is 1. The molecule has 0 aliphatic rings. The van der Waals surface area contributed by atoms with Crippen molar-refractivity contribution in [1.82, 2.24) is 0 Å². The lowest BCUT2D eigenvalue weighted by Gasteiger charge is -2.00. The van der Waals surface area contributed by atoms with Crippen molar-refractivity contribution in [1.29, 1.82) is 0 Å². The van der Waals surface area contributed by atoms with E-state index < -0.39 is 4.92 Å². The van der Waals surface area contributed by atoms with Gasteiger partial charge in [0.15, 0.2) is 0 Å². The number of benzene rings is 2. The number of hydrogen-bond acceptors (Lipinski definition) is 4. The molecule has 96 valence electrons. The molecule has 2 aromatic carbocycles. The van der Waals surface area contributed by atoms with Gasteiger partial charge in [-0.05, 0) is 24.3 Å². The van der Waals surface area contributed by atoms with Crippen LogP contribution in [0.3, 0.4) is 0 Å². The van der Waals surface area contributed by atoms with E-state index in [9.17, 15) is 10.1 Å². The molecule has 0 amide bonds. The number of aliphatic imine (C=N–C) groups is 1. The largest absolute Gasteiger partial charge is 0.397 e. The Balaban J connectivity index is 2.42. The van der Waals surface area contributed by atoms with Crippen LogP contribution < -0.4 is 5.73 Å². The van der Waals surface area contributed by atoms with Crippen LogP contribution in [0.15, 0.2) is 47.5 Å². The Hall–Kier alpha value is -2.40. The van der Waals surface area contributed by atoms with Crippen molar-refractivity contribution in [2.75, 3.05) is 5.73 Å². The van der Waals surface area contributed by atoms with Gasteiger partial charge in [0.05, 0.1) is 21.9 Å². The smallest absolute Gasteiger partial charge is 0.296 e. The molecule has 0 spiro atoms. The maximum absolute atomic E-state index is 11.0. The summed E-state index contributed by atoms with van der Waals surface area (Å²) in [5.74, 6) is 0. The number of para-hydroxylation sites is 3. The summed E-state index contributed by atoms with van der Waals surface area (Å²) in [6.07, 6.45) is 1.38. The van der Waals surface area contributed by atoms with Gasteiger partial charge in [0.2, 0.25) is 0 Å². The highest BCUT2D eigenvalue weighted by molar-refractivity contribution is 6.33. The molecule has 0 radical (unpaired) electrons. The fourth-order valence-electron chi connectivity index (χ4n) is 1.57. The summed E-state index contributed by atoms with van der Waals surface area (Å²) in [6, 6.07) is 11.7. The standard InChI is InChI=1S/C13H10ClN3O2/c14-10-5-3-4-9(13(10)17(18)19)8-16-12-7-2-1-6-11(12)15/h1-8H,15H2. The first-order valence-electron chi connectivity index (χ1n) is 5.41. The molecule has 19 heavy (non-hydrogen) atoms. The summed E-state index contributed by atoms with van der Waals surface area (Å²) in [5, 5.41) is 11.0. The topological polar surface area (TPSA) is 81.5 Å². The van der Waals surface area contributed by atoms with Crippen molar-refractivity contribution in [3.05, 3.63) is 63.2 Å². The van der Waals surface area contributed by atoms with E-state index in [1.54, 1.807) is 36.4 Å². The van der Waals surface area contributed by atoms with Crippen LogP contribution >= 0.6 is 11.6 Å². The Morgan fingerprint density at radius 3 is 2.63 bits per heavy atom. The van der Waals surface area contributed by atoms with Gasteiger partial charge in [0, 0.05) is 6.21 Å². The van der Waals surface area contributed by atoms with Crippen molar-refractivity contribution in [3.8, 4) is 0 Å². The number of hydrogen-bond donors (Lipinski definition) is 1. The summed E-state index contributed by atoms with van der Waals surface area (Å²) >= 11 is 5.81. The van der Waals surface area contributed by atoms with E-state index in [0.29, 0.717) is 16.9 Å². The van der Waals surface area contributed by atoms with E-state index in [1.165, 1.54) is 12.3 Å². The zero-order valence-corrected chi connectivity index (χ0v) is 10.5. The van der Waals surface area contributed by atoms with Gasteiger partial charge in [0.25, 0.3) is 5.69 Å². The molecule has 5 nitrogen and oxygen atoms in total. The third kappa shape index (κ3) is 2.89. The van der Waals surface area contributed by atoms with Gasteiger partial charge in [0.1, 0.15) is 5.02 Å². The number of nitrogen functional groups attached to an aromatic ring is 1. The fraction of sp³-hybridized carbons (Fsp3) is 0. The summed E-state index contributed by atoms with van der Waals surface area (Å²) in [6.45, 7) is 0. The molecule has 0 bridgehead atoms. The molecule has 2 rings (SSSR count). The second-order valence-corrected chi connectivity index (χ2v) is 4.16. The first-order chi connectivity index (χ1) is 9.09. The van der Waals surface area contributed by atoms with Crippen molar-refractivity contribution < 1.29 is 4.92 Å². The number of nitro benzene ring substituents is 1. The molecule has 2 N–H and O–H groups in total. The third-order valence-electron chi connectivity index (χ3n) is 2.48. The zero-order valence-electron chi connectivity index (χ0n) is 9.79. The number of nitrogens with zero attached hydrogens (tertiary/aromatic N) is 2. The third-order valence-corrected chi connectivity index (χ3v) is 2.79. The van der Waals surface area contributed by atoms with Crippen LogP contribution in [0, 0.1) is 10.1 Å². The van der Waals surface area contributed by atoms with Gasteiger partial charge in [-0.15, -0.1) is 0 Å². The van der Waals surface area contributed by atoms with E-state index in [2.05, 4.69) is 4.99 Å². The van der Waals surface area contributed by atoms with Gasteiger partial charge in [-0.1, -0.05) is 29.8 Å². The van der Waals surface area contributed by atoms with E-state index in [-0.39, 0.29) is 10.7 Å². The minimum Gasteiger partial charge on any atom is -0.397 e. The first-order valence-corrected chi connectivity index (χ1v) is 5.79.